The summed E-state index contributed by atoms with van der Waals surface area (Å²) in [6, 6.07) is -0.969. The molecule has 0 aromatic heterocycles. The Bertz CT molecular complexity index is 536. The standard InChI is InChI=1S/C10H12FN5O4/c11-4-6(18)3(1-17)20-9(4)16-2-13-5-7(16)14-10(12)15-8(5)19/h2-6,9,17-18H,1H2,(H2,12,15,19)/t3-,4+,5-,6-,9-/m0/s1. The molecule has 1 fully saturated rings. The number of aliphatic hydroxyl groups is 2. The second-order valence-electron chi connectivity index (χ2n) is 4.54. The first-order valence-electron chi connectivity index (χ1n) is 5.89. The number of nitrogens with two attached hydrogens (primary N) is 1. The van der Waals surface area contributed by atoms with Gasteiger partial charge in [0.1, 0.15) is 12.2 Å². The molecule has 4 N–H and O–H groups in total. The Labute approximate surface area is 112 Å². The van der Waals surface area contributed by atoms with Gasteiger partial charge in [-0.15, -0.1) is 0 Å². The highest BCUT2D eigenvalue weighted by molar-refractivity contribution is 6.21. The molecule has 3 aliphatic heterocycles. The quantitative estimate of drug-likeness (QED) is 0.508. The molecular weight excluding hydrogens is 273 g/mol. The summed E-state index contributed by atoms with van der Waals surface area (Å²) < 4.78 is 19.3. The number of aliphatic imine (C=N–C) groups is 3. The lowest BCUT2D eigenvalue weighted by Crippen LogP contribution is -2.48. The largest absolute Gasteiger partial charge is 0.394 e. The van der Waals surface area contributed by atoms with Crippen molar-refractivity contribution in [2.45, 2.75) is 30.6 Å². The van der Waals surface area contributed by atoms with Crippen LogP contribution in [-0.2, 0) is 9.53 Å². The van der Waals surface area contributed by atoms with E-state index in [1.807, 2.05) is 0 Å². The molecule has 1 saturated heterocycles. The zero-order valence-corrected chi connectivity index (χ0v) is 10.1. The van der Waals surface area contributed by atoms with Crippen LogP contribution in [0.1, 0.15) is 0 Å². The summed E-state index contributed by atoms with van der Waals surface area (Å²) in [6.07, 6.45) is -4.33. The monoisotopic (exact) mass is 285 g/mol. The minimum atomic E-state index is -1.78. The van der Waals surface area contributed by atoms with Crippen LogP contribution < -0.4 is 5.73 Å². The molecule has 0 aliphatic carbocycles. The second-order valence-corrected chi connectivity index (χ2v) is 4.54. The minimum Gasteiger partial charge on any atom is -0.394 e. The Kier molecular flexibility index (Phi) is 3.00. The Morgan fingerprint density at radius 2 is 2.25 bits per heavy atom. The molecule has 0 saturated carbocycles. The first kappa shape index (κ1) is 13.1. The lowest BCUT2D eigenvalue weighted by Gasteiger charge is -2.26. The van der Waals surface area contributed by atoms with Crippen molar-refractivity contribution >= 4 is 24.0 Å². The lowest BCUT2D eigenvalue weighted by molar-refractivity contribution is -0.117. The maximum Gasteiger partial charge on any atom is 0.281 e. The highest BCUT2D eigenvalue weighted by Gasteiger charge is 2.50. The number of fused-ring (bicyclic) bond motifs is 1. The fourth-order valence-electron chi connectivity index (χ4n) is 2.29. The molecule has 5 atom stereocenters. The van der Waals surface area contributed by atoms with Crippen LogP contribution in [0.25, 0.3) is 0 Å². The van der Waals surface area contributed by atoms with Gasteiger partial charge in [-0.1, -0.05) is 0 Å². The third-order valence-electron chi connectivity index (χ3n) is 3.28. The number of aliphatic hydroxyl groups excluding tert-OH is 2. The SMILES string of the molecule is NC1=NC(=O)[C@H]2N=CN([C@H]3O[C@@H](CO)[C@H](O)[C@H]3F)C2=N1. The molecule has 9 nitrogen and oxygen atoms in total. The predicted molar refractivity (Wildman–Crippen MR) is 64.8 cm³/mol. The van der Waals surface area contributed by atoms with Gasteiger partial charge in [-0.05, 0) is 0 Å². The van der Waals surface area contributed by atoms with Gasteiger partial charge in [0, 0.05) is 0 Å². The molecular formula is C10H12FN5O4. The number of carbonyl (C=O) groups is 1. The van der Waals surface area contributed by atoms with Gasteiger partial charge in [0.05, 0.1) is 12.9 Å². The van der Waals surface area contributed by atoms with E-state index in [2.05, 4.69) is 15.0 Å². The topological polar surface area (TPSA) is 133 Å². The Balaban J connectivity index is 1.87. The molecule has 0 aromatic carbocycles. The van der Waals surface area contributed by atoms with Crippen LogP contribution >= 0.6 is 0 Å². The summed E-state index contributed by atoms with van der Waals surface area (Å²) in [7, 11) is 0. The van der Waals surface area contributed by atoms with E-state index in [0.29, 0.717) is 0 Å². The number of amides is 1. The van der Waals surface area contributed by atoms with E-state index in [1.54, 1.807) is 0 Å². The maximum absolute atomic E-state index is 14.0. The van der Waals surface area contributed by atoms with Gasteiger partial charge in [0.15, 0.2) is 24.3 Å². The van der Waals surface area contributed by atoms with E-state index in [4.69, 9.17) is 15.6 Å². The van der Waals surface area contributed by atoms with Crippen LogP contribution in [0, 0.1) is 0 Å². The number of carbonyl (C=O) groups excluding carboxylic acids is 1. The highest BCUT2D eigenvalue weighted by Crippen LogP contribution is 2.29. The molecule has 10 heteroatoms. The number of amidine groups is 1. The van der Waals surface area contributed by atoms with Crippen molar-refractivity contribution in [2.75, 3.05) is 6.61 Å². The van der Waals surface area contributed by atoms with Crippen LogP contribution in [-0.4, -0.2) is 76.4 Å². The molecule has 1 amide bonds. The van der Waals surface area contributed by atoms with Gasteiger partial charge in [-0.25, -0.2) is 4.39 Å². The fraction of sp³-hybridized carbons (Fsp3) is 0.600. The van der Waals surface area contributed by atoms with Crippen LogP contribution in [0.15, 0.2) is 15.0 Å². The van der Waals surface area contributed by atoms with Gasteiger partial charge in [0.2, 0.25) is 5.96 Å². The van der Waals surface area contributed by atoms with E-state index >= 15 is 0 Å². The number of nitrogens with zero attached hydrogens (tertiary/aromatic N) is 4. The van der Waals surface area contributed by atoms with Crippen LogP contribution in [0.5, 0.6) is 0 Å². The Morgan fingerprint density at radius 3 is 2.90 bits per heavy atom. The normalized spacial score (nSPS) is 39.9. The smallest absolute Gasteiger partial charge is 0.281 e. The number of halogens is 1. The van der Waals surface area contributed by atoms with Crippen molar-refractivity contribution in [2.24, 2.45) is 20.7 Å². The maximum atomic E-state index is 14.0. The average molecular weight is 285 g/mol. The van der Waals surface area contributed by atoms with Gasteiger partial charge >= 0.3 is 0 Å². The third kappa shape index (κ3) is 1.80. The molecule has 108 valence electrons. The zero-order chi connectivity index (χ0) is 14.4. The van der Waals surface area contributed by atoms with E-state index in [9.17, 15) is 14.3 Å². The molecule has 3 aliphatic rings. The number of hydrogen-bond donors (Lipinski definition) is 3. The number of rotatable bonds is 2. The van der Waals surface area contributed by atoms with Crippen molar-refractivity contribution in [1.82, 2.24) is 4.90 Å². The van der Waals surface area contributed by atoms with Crippen LogP contribution in [0.3, 0.4) is 0 Å². The van der Waals surface area contributed by atoms with Gasteiger partial charge < -0.3 is 20.7 Å². The summed E-state index contributed by atoms with van der Waals surface area (Å²) in [5, 5.41) is 18.6. The molecule has 0 aromatic rings. The molecule has 0 unspecified atom stereocenters. The average Bonchev–Trinajstić information content (AvgIpc) is 2.93. The van der Waals surface area contributed by atoms with Crippen molar-refractivity contribution in [3.05, 3.63) is 0 Å². The molecule has 3 heterocycles. The summed E-state index contributed by atoms with van der Waals surface area (Å²) in [4.78, 5) is 24.0. The minimum absolute atomic E-state index is 0.0981. The predicted octanol–water partition coefficient (Wildman–Crippen LogP) is -2.63. The summed E-state index contributed by atoms with van der Waals surface area (Å²) in [5.41, 5.74) is 5.39. The number of ether oxygens (including phenoxy) is 1. The summed E-state index contributed by atoms with van der Waals surface area (Å²) in [6.45, 7) is -0.526. The third-order valence-corrected chi connectivity index (χ3v) is 3.28. The van der Waals surface area contributed by atoms with E-state index < -0.39 is 43.2 Å². The number of guanidine groups is 1. The first-order chi connectivity index (χ1) is 9.52. The van der Waals surface area contributed by atoms with Crippen molar-refractivity contribution in [3.8, 4) is 0 Å². The van der Waals surface area contributed by atoms with E-state index in [-0.39, 0.29) is 11.8 Å². The van der Waals surface area contributed by atoms with Gasteiger partial charge in [-0.2, -0.15) is 9.98 Å². The van der Waals surface area contributed by atoms with E-state index in [0.717, 1.165) is 0 Å². The zero-order valence-electron chi connectivity index (χ0n) is 10.1. The first-order valence-corrected chi connectivity index (χ1v) is 5.89. The van der Waals surface area contributed by atoms with E-state index in [1.165, 1.54) is 11.2 Å². The summed E-state index contributed by atoms with van der Waals surface area (Å²) >= 11 is 0. The molecule has 0 bridgehead atoms. The molecule has 0 spiro atoms. The summed E-state index contributed by atoms with van der Waals surface area (Å²) in [5.74, 6) is -0.746. The van der Waals surface area contributed by atoms with Crippen molar-refractivity contribution in [1.29, 1.82) is 0 Å². The second kappa shape index (κ2) is 4.58. The molecule has 0 radical (unpaired) electrons. The highest BCUT2D eigenvalue weighted by atomic mass is 19.1. The van der Waals surface area contributed by atoms with Crippen LogP contribution in [0.4, 0.5) is 4.39 Å². The van der Waals surface area contributed by atoms with Gasteiger partial charge in [0.25, 0.3) is 5.91 Å². The number of hydrogen-bond acceptors (Lipinski definition) is 8. The Morgan fingerprint density at radius 1 is 1.50 bits per heavy atom. The number of alkyl halides is 1. The molecule has 20 heavy (non-hydrogen) atoms. The van der Waals surface area contributed by atoms with Crippen molar-refractivity contribution in [3.63, 3.8) is 0 Å². The Hall–Kier alpha value is -1.91. The lowest BCUT2D eigenvalue weighted by atomic mass is 10.1. The molecule has 3 rings (SSSR count). The van der Waals surface area contributed by atoms with Crippen LogP contribution in [0.2, 0.25) is 0 Å². The van der Waals surface area contributed by atoms with Gasteiger partial charge in [-0.3, -0.25) is 14.7 Å². The fourth-order valence-corrected chi connectivity index (χ4v) is 2.29. The van der Waals surface area contributed by atoms with Crippen molar-refractivity contribution < 1.29 is 24.1 Å².